The molecule has 21 heavy (non-hydrogen) atoms. The minimum atomic E-state index is -0.442. The van der Waals surface area contributed by atoms with E-state index in [4.69, 9.17) is 5.73 Å². The Labute approximate surface area is 122 Å². The smallest absolute Gasteiger partial charge is 0.262 e. The summed E-state index contributed by atoms with van der Waals surface area (Å²) in [7, 11) is 0. The molecule has 1 aromatic rings. The number of likely N-dealkylation sites (N-methyl/N-ethyl adjacent to an activating group) is 1. The summed E-state index contributed by atoms with van der Waals surface area (Å²) < 4.78 is 0. The minimum Gasteiger partial charge on any atom is -0.399 e. The summed E-state index contributed by atoms with van der Waals surface area (Å²) in [5, 5.41) is 0. The Morgan fingerprint density at radius 3 is 2.57 bits per heavy atom. The van der Waals surface area contributed by atoms with E-state index in [1.165, 1.54) is 12.1 Å². The molecule has 2 aliphatic rings. The number of imide groups is 1. The predicted molar refractivity (Wildman–Crippen MR) is 76.6 cm³/mol. The average molecular weight is 287 g/mol. The minimum absolute atomic E-state index is 0.178. The number of nitrogens with two attached hydrogens (primary N) is 1. The molecule has 0 atom stereocenters. The fourth-order valence-electron chi connectivity index (χ4n) is 2.70. The van der Waals surface area contributed by atoms with Gasteiger partial charge in [0.15, 0.2) is 0 Å². The molecule has 0 unspecified atom stereocenters. The number of carbonyl (C=O) groups excluding carboxylic acids is 3. The molecule has 1 aliphatic carbocycles. The molecule has 2 N–H and O–H groups in total. The van der Waals surface area contributed by atoms with Crippen LogP contribution in [0.2, 0.25) is 0 Å². The molecule has 0 spiro atoms. The Morgan fingerprint density at radius 2 is 1.95 bits per heavy atom. The Kier molecular flexibility index (Phi) is 3.16. The van der Waals surface area contributed by atoms with Gasteiger partial charge < -0.3 is 10.6 Å². The van der Waals surface area contributed by atoms with Crippen LogP contribution in [-0.2, 0) is 4.79 Å². The number of carbonyl (C=O) groups is 3. The molecular formula is C15H17N3O3. The van der Waals surface area contributed by atoms with Crippen LogP contribution in [0.15, 0.2) is 18.2 Å². The van der Waals surface area contributed by atoms with Gasteiger partial charge in [-0.05, 0) is 38.0 Å². The van der Waals surface area contributed by atoms with Crippen molar-refractivity contribution in [3.63, 3.8) is 0 Å². The van der Waals surface area contributed by atoms with Gasteiger partial charge in [0.2, 0.25) is 5.91 Å². The Morgan fingerprint density at radius 1 is 1.29 bits per heavy atom. The summed E-state index contributed by atoms with van der Waals surface area (Å²) in [5.41, 5.74) is 6.67. The molecule has 110 valence electrons. The van der Waals surface area contributed by atoms with Gasteiger partial charge in [-0.2, -0.15) is 0 Å². The van der Waals surface area contributed by atoms with Crippen LogP contribution in [0.3, 0.4) is 0 Å². The summed E-state index contributed by atoms with van der Waals surface area (Å²) in [4.78, 5) is 39.5. The zero-order valence-corrected chi connectivity index (χ0v) is 11.8. The van der Waals surface area contributed by atoms with Gasteiger partial charge in [-0.25, -0.2) is 0 Å². The molecule has 0 radical (unpaired) electrons. The molecule has 1 aliphatic heterocycles. The highest BCUT2D eigenvalue weighted by atomic mass is 16.2. The average Bonchev–Trinajstić information content (AvgIpc) is 3.25. The fraction of sp³-hybridized carbons (Fsp3) is 0.400. The number of nitrogens with zero attached hydrogens (tertiary/aromatic N) is 2. The lowest BCUT2D eigenvalue weighted by molar-refractivity contribution is -0.131. The van der Waals surface area contributed by atoms with E-state index in [9.17, 15) is 14.4 Å². The van der Waals surface area contributed by atoms with Gasteiger partial charge in [-0.3, -0.25) is 19.3 Å². The zero-order valence-electron chi connectivity index (χ0n) is 11.8. The SMILES string of the molecule is CCN(C(=O)CN1C(=O)c2ccc(N)cc2C1=O)C1CC1. The number of fused-ring (bicyclic) bond motifs is 1. The molecule has 6 heteroatoms. The van der Waals surface area contributed by atoms with Crippen molar-refractivity contribution in [3.05, 3.63) is 29.3 Å². The van der Waals surface area contributed by atoms with Crippen molar-refractivity contribution in [1.82, 2.24) is 9.80 Å². The highest BCUT2D eigenvalue weighted by molar-refractivity contribution is 6.22. The first-order valence-electron chi connectivity index (χ1n) is 7.08. The molecule has 0 saturated heterocycles. The van der Waals surface area contributed by atoms with E-state index in [0.717, 1.165) is 17.7 Å². The van der Waals surface area contributed by atoms with Gasteiger partial charge >= 0.3 is 0 Å². The van der Waals surface area contributed by atoms with Crippen molar-refractivity contribution < 1.29 is 14.4 Å². The third-order valence-corrected chi connectivity index (χ3v) is 3.94. The second-order valence-corrected chi connectivity index (χ2v) is 5.41. The van der Waals surface area contributed by atoms with Crippen LogP contribution in [0.1, 0.15) is 40.5 Å². The summed E-state index contributed by atoms with van der Waals surface area (Å²) >= 11 is 0. The van der Waals surface area contributed by atoms with Crippen molar-refractivity contribution in [1.29, 1.82) is 0 Å². The Hall–Kier alpha value is -2.37. The van der Waals surface area contributed by atoms with Crippen LogP contribution in [0.4, 0.5) is 5.69 Å². The van der Waals surface area contributed by atoms with Crippen molar-refractivity contribution in [3.8, 4) is 0 Å². The number of benzene rings is 1. The second-order valence-electron chi connectivity index (χ2n) is 5.41. The molecule has 1 aromatic carbocycles. The van der Waals surface area contributed by atoms with Gasteiger partial charge in [0.05, 0.1) is 11.1 Å². The van der Waals surface area contributed by atoms with Crippen LogP contribution in [0, 0.1) is 0 Å². The Balaban J connectivity index is 1.80. The largest absolute Gasteiger partial charge is 0.399 e. The van der Waals surface area contributed by atoms with Gasteiger partial charge in [0, 0.05) is 18.3 Å². The van der Waals surface area contributed by atoms with E-state index in [1.54, 1.807) is 11.0 Å². The van der Waals surface area contributed by atoms with Crippen LogP contribution in [0.25, 0.3) is 0 Å². The highest BCUT2D eigenvalue weighted by Crippen LogP contribution is 2.28. The van der Waals surface area contributed by atoms with Crippen LogP contribution >= 0.6 is 0 Å². The maximum absolute atomic E-state index is 12.3. The lowest BCUT2D eigenvalue weighted by Gasteiger charge is -2.23. The number of hydrogen-bond acceptors (Lipinski definition) is 4. The van der Waals surface area contributed by atoms with E-state index in [1.807, 2.05) is 6.92 Å². The molecule has 3 amide bonds. The van der Waals surface area contributed by atoms with Gasteiger partial charge in [-0.15, -0.1) is 0 Å². The predicted octanol–water partition coefficient (Wildman–Crippen LogP) is 0.876. The van der Waals surface area contributed by atoms with Crippen molar-refractivity contribution in [2.24, 2.45) is 0 Å². The van der Waals surface area contributed by atoms with Crippen LogP contribution in [0.5, 0.6) is 0 Å². The second kappa shape index (κ2) is 4.87. The van der Waals surface area contributed by atoms with E-state index in [-0.39, 0.29) is 24.1 Å². The third-order valence-electron chi connectivity index (χ3n) is 3.94. The monoisotopic (exact) mass is 287 g/mol. The summed E-state index contributed by atoms with van der Waals surface area (Å²) in [6.07, 6.45) is 2.00. The topological polar surface area (TPSA) is 83.7 Å². The van der Waals surface area contributed by atoms with Gasteiger partial charge in [0.25, 0.3) is 11.8 Å². The lowest BCUT2D eigenvalue weighted by Crippen LogP contribution is -2.43. The maximum atomic E-state index is 12.3. The summed E-state index contributed by atoms with van der Waals surface area (Å²) in [5.74, 6) is -1.04. The number of amides is 3. The number of anilines is 1. The summed E-state index contributed by atoms with van der Waals surface area (Å²) in [6, 6.07) is 4.87. The van der Waals surface area contributed by atoms with Crippen molar-refractivity contribution in [2.45, 2.75) is 25.8 Å². The van der Waals surface area contributed by atoms with Crippen molar-refractivity contribution in [2.75, 3.05) is 18.8 Å². The Bertz CT molecular complexity index is 637. The normalized spacial score (nSPS) is 17.1. The highest BCUT2D eigenvalue weighted by Gasteiger charge is 2.39. The molecule has 3 rings (SSSR count). The standard InChI is InChI=1S/C15H17N3O3/c1-2-17(10-4-5-10)13(19)8-18-14(20)11-6-3-9(16)7-12(11)15(18)21/h3,6-7,10H,2,4-5,8,16H2,1H3. The number of rotatable bonds is 4. The first-order chi connectivity index (χ1) is 10.0. The zero-order chi connectivity index (χ0) is 15.1. The number of hydrogen-bond donors (Lipinski definition) is 1. The molecular weight excluding hydrogens is 270 g/mol. The van der Waals surface area contributed by atoms with Crippen LogP contribution < -0.4 is 5.73 Å². The molecule has 1 fully saturated rings. The fourth-order valence-corrected chi connectivity index (χ4v) is 2.70. The lowest BCUT2D eigenvalue weighted by atomic mass is 10.1. The van der Waals surface area contributed by atoms with Gasteiger partial charge in [0.1, 0.15) is 6.54 Å². The van der Waals surface area contributed by atoms with Crippen LogP contribution in [-0.4, -0.2) is 46.7 Å². The third kappa shape index (κ3) is 2.26. The van der Waals surface area contributed by atoms with E-state index >= 15 is 0 Å². The molecule has 1 saturated carbocycles. The summed E-state index contributed by atoms with van der Waals surface area (Å²) in [6.45, 7) is 2.30. The first-order valence-corrected chi connectivity index (χ1v) is 7.08. The molecule has 1 heterocycles. The quantitative estimate of drug-likeness (QED) is 0.658. The van der Waals surface area contributed by atoms with E-state index in [2.05, 4.69) is 0 Å². The molecule has 6 nitrogen and oxygen atoms in total. The number of nitrogen functional groups attached to an aromatic ring is 1. The van der Waals surface area contributed by atoms with E-state index in [0.29, 0.717) is 17.8 Å². The van der Waals surface area contributed by atoms with E-state index < -0.39 is 11.8 Å². The first kappa shape index (κ1) is 13.6. The van der Waals surface area contributed by atoms with Crippen molar-refractivity contribution >= 4 is 23.4 Å². The maximum Gasteiger partial charge on any atom is 0.262 e. The van der Waals surface area contributed by atoms with Gasteiger partial charge in [-0.1, -0.05) is 0 Å². The molecule has 0 bridgehead atoms. The molecule has 0 aromatic heterocycles.